The average Bonchev–Trinajstić information content (AvgIpc) is 2.48. The van der Waals surface area contributed by atoms with Gasteiger partial charge in [-0.15, -0.1) is 0 Å². The molecule has 0 unspecified atom stereocenters. The average molecular weight is 307 g/mol. The molecule has 0 aliphatic carbocycles. The van der Waals surface area contributed by atoms with Crippen molar-refractivity contribution in [2.45, 2.75) is 0 Å². The fraction of sp³-hybridized carbons (Fsp3) is 0.133. The predicted molar refractivity (Wildman–Crippen MR) is 82.1 cm³/mol. The lowest BCUT2D eigenvalue weighted by Crippen LogP contribution is -2.32. The molecule has 0 fully saturated rings. The summed E-state index contributed by atoms with van der Waals surface area (Å²) in [6, 6.07) is 13.3. The summed E-state index contributed by atoms with van der Waals surface area (Å²) in [6.45, 7) is 0.682. The lowest BCUT2D eigenvalue weighted by Gasteiger charge is -2.10. The van der Waals surface area contributed by atoms with Crippen LogP contribution in [0.5, 0.6) is 11.5 Å². The second-order valence-corrected chi connectivity index (χ2v) is 4.64. The molecule has 21 heavy (non-hydrogen) atoms. The zero-order valence-electron chi connectivity index (χ0n) is 11.2. The Hall–Kier alpha value is -2.40. The van der Waals surface area contributed by atoms with Crippen LogP contribution in [0.3, 0.4) is 0 Å². The second-order valence-electron chi connectivity index (χ2n) is 4.20. The Bertz CT molecular complexity index is 605. The molecule has 2 aromatic rings. The highest BCUT2D eigenvalue weighted by atomic mass is 35.5. The standard InChI is InChI=1S/C15H15ClN2O3/c16-11-6-7-14(19)13(10-11)18-15(20)17-8-9-21-12-4-2-1-3-5-12/h1-7,10,19H,8-9H2,(H2,17,18,20). The fourth-order valence-electron chi connectivity index (χ4n) is 1.63. The van der Waals surface area contributed by atoms with Crippen molar-refractivity contribution in [1.82, 2.24) is 5.32 Å². The number of benzene rings is 2. The van der Waals surface area contributed by atoms with Gasteiger partial charge < -0.3 is 20.5 Å². The Morgan fingerprint density at radius 2 is 1.95 bits per heavy atom. The number of halogens is 1. The van der Waals surface area contributed by atoms with Gasteiger partial charge in [0.2, 0.25) is 0 Å². The van der Waals surface area contributed by atoms with E-state index in [0.717, 1.165) is 5.75 Å². The molecule has 0 aliphatic rings. The van der Waals surface area contributed by atoms with Crippen LogP contribution in [0.2, 0.25) is 5.02 Å². The Morgan fingerprint density at radius 3 is 2.71 bits per heavy atom. The van der Waals surface area contributed by atoms with Crippen LogP contribution in [0.15, 0.2) is 48.5 Å². The van der Waals surface area contributed by atoms with Gasteiger partial charge in [-0.25, -0.2) is 4.79 Å². The van der Waals surface area contributed by atoms with E-state index in [1.54, 1.807) is 0 Å². The van der Waals surface area contributed by atoms with E-state index in [4.69, 9.17) is 16.3 Å². The van der Waals surface area contributed by atoms with Crippen molar-refractivity contribution in [2.24, 2.45) is 0 Å². The molecule has 0 aromatic heterocycles. The van der Waals surface area contributed by atoms with Crippen LogP contribution < -0.4 is 15.4 Å². The molecule has 0 radical (unpaired) electrons. The molecule has 0 saturated carbocycles. The molecule has 3 N–H and O–H groups in total. The molecule has 5 nitrogen and oxygen atoms in total. The Morgan fingerprint density at radius 1 is 1.19 bits per heavy atom. The number of phenols is 1. The first-order valence-electron chi connectivity index (χ1n) is 6.36. The van der Waals surface area contributed by atoms with E-state index in [1.807, 2.05) is 30.3 Å². The fourth-order valence-corrected chi connectivity index (χ4v) is 1.80. The number of para-hydroxylation sites is 1. The number of amides is 2. The summed E-state index contributed by atoms with van der Waals surface area (Å²) < 4.78 is 5.44. The number of urea groups is 1. The molecular formula is C15H15ClN2O3. The van der Waals surface area contributed by atoms with E-state index in [9.17, 15) is 9.90 Å². The third-order valence-electron chi connectivity index (χ3n) is 2.61. The van der Waals surface area contributed by atoms with E-state index in [0.29, 0.717) is 18.2 Å². The number of carbonyl (C=O) groups excluding carboxylic acids is 1. The summed E-state index contributed by atoms with van der Waals surface area (Å²) in [4.78, 5) is 11.7. The highest BCUT2D eigenvalue weighted by molar-refractivity contribution is 6.31. The van der Waals surface area contributed by atoms with Gasteiger partial charge >= 0.3 is 6.03 Å². The van der Waals surface area contributed by atoms with Crippen LogP contribution >= 0.6 is 11.6 Å². The molecule has 0 heterocycles. The number of hydrogen-bond acceptors (Lipinski definition) is 3. The zero-order valence-corrected chi connectivity index (χ0v) is 11.9. The molecule has 0 aliphatic heterocycles. The van der Waals surface area contributed by atoms with Crippen LogP contribution in [0, 0.1) is 0 Å². The third-order valence-corrected chi connectivity index (χ3v) is 2.84. The minimum absolute atomic E-state index is 0.0462. The maximum Gasteiger partial charge on any atom is 0.319 e. The number of phenolic OH excluding ortho intramolecular Hbond substituents is 1. The van der Waals surface area contributed by atoms with Gasteiger partial charge in [-0.3, -0.25) is 0 Å². The number of rotatable bonds is 5. The van der Waals surface area contributed by atoms with Gasteiger partial charge in [0, 0.05) is 5.02 Å². The van der Waals surface area contributed by atoms with E-state index >= 15 is 0 Å². The van der Waals surface area contributed by atoms with Gasteiger partial charge in [0.1, 0.15) is 18.1 Å². The van der Waals surface area contributed by atoms with Crippen molar-refractivity contribution in [3.05, 3.63) is 53.6 Å². The molecule has 0 bridgehead atoms. The topological polar surface area (TPSA) is 70.6 Å². The van der Waals surface area contributed by atoms with Crippen LogP contribution in [0.4, 0.5) is 10.5 Å². The Kier molecular flexibility index (Phi) is 5.29. The summed E-state index contributed by atoms with van der Waals surface area (Å²) in [5, 5.41) is 15.1. The summed E-state index contributed by atoms with van der Waals surface area (Å²) in [7, 11) is 0. The Labute approximate surface area is 127 Å². The van der Waals surface area contributed by atoms with E-state index < -0.39 is 6.03 Å². The van der Waals surface area contributed by atoms with Gasteiger partial charge in [-0.2, -0.15) is 0 Å². The van der Waals surface area contributed by atoms with Gasteiger partial charge in [0.15, 0.2) is 0 Å². The summed E-state index contributed by atoms with van der Waals surface area (Å²) >= 11 is 5.79. The van der Waals surface area contributed by atoms with Crippen LogP contribution in [0.25, 0.3) is 0 Å². The molecule has 2 aromatic carbocycles. The smallest absolute Gasteiger partial charge is 0.319 e. The minimum atomic E-state index is -0.441. The molecule has 2 rings (SSSR count). The maximum absolute atomic E-state index is 11.7. The monoisotopic (exact) mass is 306 g/mol. The lowest BCUT2D eigenvalue weighted by molar-refractivity contribution is 0.247. The molecule has 0 atom stereocenters. The van der Waals surface area contributed by atoms with Crippen molar-refractivity contribution in [2.75, 3.05) is 18.5 Å². The first-order chi connectivity index (χ1) is 10.1. The number of ether oxygens (including phenoxy) is 1. The summed E-state index contributed by atoms with van der Waals surface area (Å²) in [5.74, 6) is 0.697. The number of nitrogens with one attached hydrogen (secondary N) is 2. The minimum Gasteiger partial charge on any atom is -0.506 e. The van der Waals surface area contributed by atoms with Gasteiger partial charge in [-0.1, -0.05) is 29.8 Å². The Balaban J connectivity index is 1.74. The lowest BCUT2D eigenvalue weighted by atomic mass is 10.3. The van der Waals surface area contributed by atoms with E-state index in [-0.39, 0.29) is 11.4 Å². The van der Waals surface area contributed by atoms with Crippen molar-refractivity contribution in [3.63, 3.8) is 0 Å². The molecule has 0 spiro atoms. The number of aromatic hydroxyl groups is 1. The van der Waals surface area contributed by atoms with Crippen LogP contribution in [0.1, 0.15) is 0 Å². The highest BCUT2D eigenvalue weighted by Gasteiger charge is 2.06. The predicted octanol–water partition coefficient (Wildman–Crippen LogP) is 3.25. The molecular weight excluding hydrogens is 292 g/mol. The zero-order chi connectivity index (χ0) is 15.1. The van der Waals surface area contributed by atoms with E-state index in [1.165, 1.54) is 18.2 Å². The van der Waals surface area contributed by atoms with Gasteiger partial charge in [0.25, 0.3) is 0 Å². The van der Waals surface area contributed by atoms with Gasteiger partial charge in [-0.05, 0) is 30.3 Å². The SMILES string of the molecule is O=C(NCCOc1ccccc1)Nc1cc(Cl)ccc1O. The van der Waals surface area contributed by atoms with Crippen molar-refractivity contribution >= 4 is 23.3 Å². The van der Waals surface area contributed by atoms with Crippen molar-refractivity contribution in [3.8, 4) is 11.5 Å². The maximum atomic E-state index is 11.7. The molecule has 110 valence electrons. The number of anilines is 1. The molecule has 2 amide bonds. The van der Waals surface area contributed by atoms with E-state index in [2.05, 4.69) is 10.6 Å². The number of carbonyl (C=O) groups is 1. The summed E-state index contributed by atoms with van der Waals surface area (Å²) in [5.41, 5.74) is 0.254. The molecule has 0 saturated heterocycles. The summed E-state index contributed by atoms with van der Waals surface area (Å²) in [6.07, 6.45) is 0. The largest absolute Gasteiger partial charge is 0.506 e. The van der Waals surface area contributed by atoms with Gasteiger partial charge in [0.05, 0.1) is 12.2 Å². The van der Waals surface area contributed by atoms with Crippen molar-refractivity contribution < 1.29 is 14.6 Å². The van der Waals surface area contributed by atoms with Crippen LogP contribution in [-0.2, 0) is 0 Å². The molecule has 6 heteroatoms. The normalized spacial score (nSPS) is 9.95. The van der Waals surface area contributed by atoms with Crippen LogP contribution in [-0.4, -0.2) is 24.3 Å². The number of hydrogen-bond donors (Lipinski definition) is 3. The third kappa shape index (κ3) is 4.89. The second kappa shape index (κ2) is 7.40. The first-order valence-corrected chi connectivity index (χ1v) is 6.74. The van der Waals surface area contributed by atoms with Crippen molar-refractivity contribution in [1.29, 1.82) is 0 Å². The first kappa shape index (κ1) is 15.0. The highest BCUT2D eigenvalue weighted by Crippen LogP contribution is 2.26. The quantitative estimate of drug-likeness (QED) is 0.586.